The standard InChI is InChI=1S/C27H24FN5O2/c1-18(27(35)32-17-25(34)30-23-9-5-6-10-24(23)32)29-15-20-16-33(22-7-3-2-4-8-22)31-26(20)19-11-13-21(28)14-12-19/h2-14,16,18,29H,15,17H2,1H3,(H,30,34). The first-order valence-corrected chi connectivity index (χ1v) is 11.3. The number of para-hydroxylation sites is 3. The van der Waals surface area contributed by atoms with E-state index in [1.165, 1.54) is 17.0 Å². The van der Waals surface area contributed by atoms with Crippen LogP contribution in [0, 0.1) is 5.82 Å². The number of carbonyl (C=O) groups is 2. The molecule has 1 aromatic heterocycles. The molecule has 3 aromatic carbocycles. The molecule has 0 bridgehead atoms. The molecule has 0 saturated carbocycles. The zero-order valence-corrected chi connectivity index (χ0v) is 19.1. The van der Waals surface area contributed by atoms with E-state index in [0.717, 1.165) is 16.8 Å². The summed E-state index contributed by atoms with van der Waals surface area (Å²) in [6, 6.07) is 22.6. The number of hydrogen-bond donors (Lipinski definition) is 2. The maximum atomic E-state index is 13.5. The molecule has 4 aromatic rings. The van der Waals surface area contributed by atoms with Crippen LogP contribution >= 0.6 is 0 Å². The Balaban J connectivity index is 1.39. The van der Waals surface area contributed by atoms with Crippen LogP contribution < -0.4 is 15.5 Å². The van der Waals surface area contributed by atoms with E-state index in [1.54, 1.807) is 29.8 Å². The Labute approximate surface area is 202 Å². The maximum absolute atomic E-state index is 13.5. The minimum atomic E-state index is -0.560. The lowest BCUT2D eigenvalue weighted by molar-refractivity contribution is -0.123. The molecule has 7 nitrogen and oxygen atoms in total. The molecule has 0 fully saturated rings. The summed E-state index contributed by atoms with van der Waals surface area (Å²) in [4.78, 5) is 26.9. The number of aromatic nitrogens is 2. The number of amides is 2. The summed E-state index contributed by atoms with van der Waals surface area (Å²) in [5.41, 5.74) is 4.52. The van der Waals surface area contributed by atoms with Gasteiger partial charge in [-0.1, -0.05) is 30.3 Å². The summed E-state index contributed by atoms with van der Waals surface area (Å²) in [6.45, 7) is 2.10. The number of fused-ring (bicyclic) bond motifs is 1. The van der Waals surface area contributed by atoms with Crippen LogP contribution in [0.5, 0.6) is 0 Å². The van der Waals surface area contributed by atoms with Crippen LogP contribution in [0.25, 0.3) is 16.9 Å². The normalized spacial score (nSPS) is 13.8. The third kappa shape index (κ3) is 4.69. The second kappa shape index (κ2) is 9.52. The van der Waals surface area contributed by atoms with Gasteiger partial charge in [0.1, 0.15) is 12.4 Å². The first kappa shape index (κ1) is 22.5. The molecule has 1 aliphatic rings. The SMILES string of the molecule is CC(NCc1cn(-c2ccccc2)nc1-c1ccc(F)cc1)C(=O)N1CC(=O)Nc2ccccc21. The third-order valence-corrected chi connectivity index (χ3v) is 5.93. The van der Waals surface area contributed by atoms with Crippen LogP contribution in [0.1, 0.15) is 12.5 Å². The molecule has 1 unspecified atom stereocenters. The van der Waals surface area contributed by atoms with E-state index >= 15 is 0 Å². The van der Waals surface area contributed by atoms with Crippen molar-refractivity contribution in [2.24, 2.45) is 0 Å². The largest absolute Gasteiger partial charge is 0.323 e. The number of nitrogens with one attached hydrogen (secondary N) is 2. The minimum absolute atomic E-state index is 0.0331. The smallest absolute Gasteiger partial charge is 0.244 e. The fraction of sp³-hybridized carbons (Fsp3) is 0.148. The number of nitrogens with zero attached hydrogens (tertiary/aromatic N) is 3. The zero-order chi connectivity index (χ0) is 24.4. The van der Waals surface area contributed by atoms with E-state index in [1.807, 2.05) is 54.7 Å². The van der Waals surface area contributed by atoms with Gasteiger partial charge in [0.15, 0.2) is 0 Å². The molecule has 0 saturated heterocycles. The Morgan fingerprint density at radius 2 is 1.77 bits per heavy atom. The molecule has 2 N–H and O–H groups in total. The van der Waals surface area contributed by atoms with Gasteiger partial charge in [0.05, 0.1) is 28.8 Å². The summed E-state index contributed by atoms with van der Waals surface area (Å²) in [7, 11) is 0. The van der Waals surface area contributed by atoms with Gasteiger partial charge in [0, 0.05) is 23.9 Å². The molecule has 176 valence electrons. The lowest BCUT2D eigenvalue weighted by Gasteiger charge is -2.31. The highest BCUT2D eigenvalue weighted by Gasteiger charge is 2.29. The number of carbonyl (C=O) groups excluding carboxylic acids is 2. The topological polar surface area (TPSA) is 79.3 Å². The molecule has 35 heavy (non-hydrogen) atoms. The lowest BCUT2D eigenvalue weighted by Crippen LogP contribution is -2.49. The molecule has 1 aliphatic heterocycles. The van der Waals surface area contributed by atoms with E-state index in [-0.39, 0.29) is 24.2 Å². The molecular formula is C27H24FN5O2. The number of anilines is 2. The van der Waals surface area contributed by atoms with Crippen LogP contribution in [-0.4, -0.2) is 34.2 Å². The van der Waals surface area contributed by atoms with Gasteiger partial charge >= 0.3 is 0 Å². The van der Waals surface area contributed by atoms with Crippen molar-refractivity contribution in [1.29, 1.82) is 0 Å². The van der Waals surface area contributed by atoms with E-state index in [9.17, 15) is 14.0 Å². The highest BCUT2D eigenvalue weighted by atomic mass is 19.1. The van der Waals surface area contributed by atoms with Crippen molar-refractivity contribution in [3.63, 3.8) is 0 Å². The van der Waals surface area contributed by atoms with Gasteiger partial charge in [-0.25, -0.2) is 9.07 Å². The molecule has 5 rings (SSSR count). The first-order chi connectivity index (χ1) is 17.0. The van der Waals surface area contributed by atoms with Gasteiger partial charge in [-0.2, -0.15) is 5.10 Å². The Hall–Kier alpha value is -4.30. The highest BCUT2D eigenvalue weighted by Crippen LogP contribution is 2.29. The van der Waals surface area contributed by atoms with Gasteiger partial charge in [0.2, 0.25) is 11.8 Å². The van der Waals surface area contributed by atoms with Gasteiger partial charge < -0.3 is 10.6 Å². The summed E-state index contributed by atoms with van der Waals surface area (Å²) in [5.74, 6) is -0.751. The predicted molar refractivity (Wildman–Crippen MR) is 133 cm³/mol. The van der Waals surface area contributed by atoms with Crippen molar-refractivity contribution in [2.75, 3.05) is 16.8 Å². The lowest BCUT2D eigenvalue weighted by atomic mass is 10.1. The quantitative estimate of drug-likeness (QED) is 0.445. The Morgan fingerprint density at radius 1 is 1.06 bits per heavy atom. The maximum Gasteiger partial charge on any atom is 0.244 e. The molecule has 0 spiro atoms. The summed E-state index contributed by atoms with van der Waals surface area (Å²) < 4.78 is 15.3. The second-order valence-electron chi connectivity index (χ2n) is 8.38. The zero-order valence-electron chi connectivity index (χ0n) is 19.1. The number of hydrogen-bond acceptors (Lipinski definition) is 4. The minimum Gasteiger partial charge on any atom is -0.323 e. The average molecular weight is 470 g/mol. The van der Waals surface area contributed by atoms with Crippen LogP contribution in [0.4, 0.5) is 15.8 Å². The van der Waals surface area contributed by atoms with Crippen molar-refractivity contribution < 1.29 is 14.0 Å². The summed E-state index contributed by atoms with van der Waals surface area (Å²) >= 11 is 0. The van der Waals surface area contributed by atoms with Crippen molar-refractivity contribution in [2.45, 2.75) is 19.5 Å². The number of rotatable bonds is 6. The summed E-state index contributed by atoms with van der Waals surface area (Å²) in [6.07, 6.45) is 1.90. The van der Waals surface area contributed by atoms with Crippen molar-refractivity contribution in [3.05, 3.63) is 96.4 Å². The van der Waals surface area contributed by atoms with E-state index in [4.69, 9.17) is 5.10 Å². The molecule has 8 heteroatoms. The van der Waals surface area contributed by atoms with Crippen molar-refractivity contribution in [1.82, 2.24) is 15.1 Å². The van der Waals surface area contributed by atoms with Crippen LogP contribution in [-0.2, 0) is 16.1 Å². The molecule has 0 radical (unpaired) electrons. The van der Waals surface area contributed by atoms with Crippen LogP contribution in [0.3, 0.4) is 0 Å². The molecule has 2 heterocycles. The Bertz CT molecular complexity index is 1370. The fourth-order valence-electron chi connectivity index (χ4n) is 4.12. The summed E-state index contributed by atoms with van der Waals surface area (Å²) in [5, 5.41) is 10.8. The Kier molecular flexibility index (Phi) is 6.12. The van der Waals surface area contributed by atoms with E-state index in [2.05, 4.69) is 10.6 Å². The second-order valence-corrected chi connectivity index (χ2v) is 8.38. The molecule has 0 aliphatic carbocycles. The predicted octanol–water partition coefficient (Wildman–Crippen LogP) is 4.14. The third-order valence-electron chi connectivity index (χ3n) is 5.93. The molecule has 2 amide bonds. The van der Waals surface area contributed by atoms with Gasteiger partial charge in [-0.3, -0.25) is 14.5 Å². The number of benzene rings is 3. The van der Waals surface area contributed by atoms with Crippen molar-refractivity contribution in [3.8, 4) is 16.9 Å². The molecular weight excluding hydrogens is 445 g/mol. The van der Waals surface area contributed by atoms with Gasteiger partial charge in [-0.15, -0.1) is 0 Å². The van der Waals surface area contributed by atoms with Gasteiger partial charge in [-0.05, 0) is 55.5 Å². The highest BCUT2D eigenvalue weighted by molar-refractivity contribution is 6.11. The molecule has 1 atom stereocenters. The van der Waals surface area contributed by atoms with E-state index < -0.39 is 6.04 Å². The van der Waals surface area contributed by atoms with E-state index in [0.29, 0.717) is 23.6 Å². The Morgan fingerprint density at radius 3 is 2.54 bits per heavy atom. The monoisotopic (exact) mass is 469 g/mol. The van der Waals surface area contributed by atoms with Crippen LogP contribution in [0.15, 0.2) is 85.1 Å². The van der Waals surface area contributed by atoms with Crippen LogP contribution in [0.2, 0.25) is 0 Å². The first-order valence-electron chi connectivity index (χ1n) is 11.3. The number of halogens is 1. The van der Waals surface area contributed by atoms with Crippen molar-refractivity contribution >= 4 is 23.2 Å². The van der Waals surface area contributed by atoms with Gasteiger partial charge in [0.25, 0.3) is 0 Å². The fourth-order valence-corrected chi connectivity index (χ4v) is 4.12. The average Bonchev–Trinajstić information content (AvgIpc) is 3.31.